The first kappa shape index (κ1) is 11.1. The maximum atomic E-state index is 10.7. The second-order valence-corrected chi connectivity index (χ2v) is 4.93. The Morgan fingerprint density at radius 2 is 2.21 bits per heavy atom. The molecule has 4 nitrogen and oxygen atoms in total. The summed E-state index contributed by atoms with van der Waals surface area (Å²) >= 11 is 2.47. The fourth-order valence-corrected chi connectivity index (χ4v) is 2.76. The largest absolute Gasteiger partial charge is 0.481 e. The Morgan fingerprint density at radius 3 is 2.64 bits per heavy atom. The van der Waals surface area contributed by atoms with Crippen LogP contribution < -0.4 is 0 Å². The molecule has 1 aromatic rings. The molecule has 1 aromatic heterocycles. The molecule has 0 radical (unpaired) electrons. The maximum Gasteiger partial charge on any atom is 0.317 e. The molecule has 1 heterocycles. The first-order chi connectivity index (χ1) is 6.59. The van der Waals surface area contributed by atoms with Crippen molar-refractivity contribution in [1.82, 2.24) is 0 Å². The van der Waals surface area contributed by atoms with Gasteiger partial charge in [-0.25, -0.2) is 0 Å². The predicted octanol–water partition coefficient (Wildman–Crippen LogP) is 1.77. The Hall–Kier alpha value is -1.01. The minimum Gasteiger partial charge on any atom is -0.481 e. The fourth-order valence-electron chi connectivity index (χ4n) is 0.809. The lowest BCUT2D eigenvalue weighted by atomic mass is 10.3. The Kier molecular flexibility index (Phi) is 3.97. The molecule has 0 fully saturated rings. The number of carboxylic acids is 2. The third-order valence-corrected chi connectivity index (χ3v) is 3.65. The highest BCUT2D eigenvalue weighted by Gasteiger charge is 2.22. The van der Waals surface area contributed by atoms with Gasteiger partial charge < -0.3 is 10.2 Å². The van der Waals surface area contributed by atoms with E-state index >= 15 is 0 Å². The molecule has 0 amide bonds. The summed E-state index contributed by atoms with van der Waals surface area (Å²) < 4.78 is 0.818. The smallest absolute Gasteiger partial charge is 0.317 e. The van der Waals surface area contributed by atoms with Crippen LogP contribution in [-0.4, -0.2) is 27.4 Å². The lowest BCUT2D eigenvalue weighted by Gasteiger charge is -2.06. The van der Waals surface area contributed by atoms with E-state index in [1.54, 1.807) is 12.1 Å². The molecule has 0 bridgehead atoms. The fraction of sp³-hybridized carbons (Fsp3) is 0.250. The van der Waals surface area contributed by atoms with Gasteiger partial charge in [0.2, 0.25) is 0 Å². The van der Waals surface area contributed by atoms with E-state index in [4.69, 9.17) is 10.2 Å². The molecule has 0 saturated carbocycles. The normalized spacial score (nSPS) is 12.3. The second-order valence-electron chi connectivity index (χ2n) is 2.47. The molecule has 6 heteroatoms. The van der Waals surface area contributed by atoms with Crippen LogP contribution in [0.2, 0.25) is 0 Å². The third kappa shape index (κ3) is 3.39. The number of thiophene rings is 1. The monoisotopic (exact) mass is 232 g/mol. The van der Waals surface area contributed by atoms with Gasteiger partial charge in [-0.1, -0.05) is 17.8 Å². The number of hydrogen-bond acceptors (Lipinski definition) is 4. The Morgan fingerprint density at radius 1 is 1.50 bits per heavy atom. The van der Waals surface area contributed by atoms with Crippen LogP contribution in [0, 0.1) is 0 Å². The second kappa shape index (κ2) is 5.02. The topological polar surface area (TPSA) is 74.6 Å². The van der Waals surface area contributed by atoms with Crippen LogP contribution in [0.25, 0.3) is 0 Å². The molecule has 1 rings (SSSR count). The molecule has 2 N–H and O–H groups in total. The van der Waals surface area contributed by atoms with Crippen LogP contribution in [0.15, 0.2) is 21.7 Å². The van der Waals surface area contributed by atoms with Crippen molar-refractivity contribution in [2.24, 2.45) is 0 Å². The molecule has 0 aromatic carbocycles. The van der Waals surface area contributed by atoms with E-state index in [0.29, 0.717) is 0 Å². The SMILES string of the molecule is O=C(O)C[C@H](Sc1cccs1)C(=O)O. The van der Waals surface area contributed by atoms with Gasteiger partial charge in [0.05, 0.1) is 10.6 Å². The average Bonchev–Trinajstić information content (AvgIpc) is 2.54. The van der Waals surface area contributed by atoms with Crippen molar-refractivity contribution in [2.75, 3.05) is 0 Å². The van der Waals surface area contributed by atoms with E-state index in [9.17, 15) is 9.59 Å². The van der Waals surface area contributed by atoms with Crippen molar-refractivity contribution in [2.45, 2.75) is 15.9 Å². The average molecular weight is 232 g/mol. The quantitative estimate of drug-likeness (QED) is 0.757. The number of carbonyl (C=O) groups is 2. The molecule has 0 unspecified atom stereocenters. The van der Waals surface area contributed by atoms with Gasteiger partial charge in [-0.05, 0) is 11.4 Å². The van der Waals surface area contributed by atoms with Gasteiger partial charge in [0.15, 0.2) is 0 Å². The highest BCUT2D eigenvalue weighted by molar-refractivity contribution is 8.02. The third-order valence-electron chi connectivity index (χ3n) is 1.39. The van der Waals surface area contributed by atoms with Crippen LogP contribution in [0.4, 0.5) is 0 Å². The summed E-state index contributed by atoms with van der Waals surface area (Å²) in [4.78, 5) is 21.1. The first-order valence-corrected chi connectivity index (χ1v) is 5.50. The summed E-state index contributed by atoms with van der Waals surface area (Å²) in [6.45, 7) is 0. The van der Waals surface area contributed by atoms with E-state index in [0.717, 1.165) is 16.0 Å². The predicted molar refractivity (Wildman–Crippen MR) is 53.9 cm³/mol. The first-order valence-electron chi connectivity index (χ1n) is 3.74. The van der Waals surface area contributed by atoms with Crippen molar-refractivity contribution < 1.29 is 19.8 Å². The van der Waals surface area contributed by atoms with Crippen molar-refractivity contribution in [3.05, 3.63) is 17.5 Å². The molecule has 0 aliphatic carbocycles. The summed E-state index contributed by atoms with van der Waals surface area (Å²) in [6, 6.07) is 3.57. The van der Waals surface area contributed by atoms with Crippen LogP contribution >= 0.6 is 23.1 Å². The Labute approximate surface area is 88.6 Å². The lowest BCUT2D eigenvalue weighted by molar-refractivity contribution is -0.142. The van der Waals surface area contributed by atoms with Crippen LogP contribution in [-0.2, 0) is 9.59 Å². The number of hydrogen-bond donors (Lipinski definition) is 2. The van der Waals surface area contributed by atoms with Crippen molar-refractivity contribution >= 4 is 35.0 Å². The molecule has 0 aliphatic rings. The zero-order chi connectivity index (χ0) is 10.6. The Bertz CT molecular complexity index is 320. The van der Waals surface area contributed by atoms with Crippen LogP contribution in [0.5, 0.6) is 0 Å². The van der Waals surface area contributed by atoms with Crippen molar-refractivity contribution in [3.8, 4) is 0 Å². The number of carboxylic acid groups (broad SMARTS) is 2. The molecule has 0 aliphatic heterocycles. The van der Waals surface area contributed by atoms with E-state index in [1.807, 2.05) is 5.38 Å². The molecule has 76 valence electrons. The summed E-state index contributed by atoms with van der Waals surface area (Å²) in [5.74, 6) is -2.19. The molecule has 0 saturated heterocycles. The summed E-state index contributed by atoms with van der Waals surface area (Å²) in [5, 5.41) is 18.1. The van der Waals surface area contributed by atoms with Crippen LogP contribution in [0.3, 0.4) is 0 Å². The number of rotatable bonds is 5. The van der Waals surface area contributed by atoms with Gasteiger partial charge in [-0.15, -0.1) is 11.3 Å². The van der Waals surface area contributed by atoms with Gasteiger partial charge >= 0.3 is 11.9 Å². The van der Waals surface area contributed by atoms with E-state index < -0.39 is 17.2 Å². The molecule has 1 atom stereocenters. The number of thioether (sulfide) groups is 1. The zero-order valence-corrected chi connectivity index (χ0v) is 8.68. The lowest BCUT2D eigenvalue weighted by Crippen LogP contribution is -2.19. The Balaban J connectivity index is 2.60. The van der Waals surface area contributed by atoms with Gasteiger partial charge in [-0.2, -0.15) is 0 Å². The zero-order valence-electron chi connectivity index (χ0n) is 7.04. The minimum absolute atomic E-state index is 0.363. The summed E-state index contributed by atoms with van der Waals surface area (Å²) in [5.41, 5.74) is 0. The van der Waals surface area contributed by atoms with E-state index in [1.165, 1.54) is 11.3 Å². The highest BCUT2D eigenvalue weighted by Crippen LogP contribution is 2.29. The van der Waals surface area contributed by atoms with Crippen molar-refractivity contribution in [1.29, 1.82) is 0 Å². The van der Waals surface area contributed by atoms with E-state index in [2.05, 4.69) is 0 Å². The number of aliphatic carboxylic acids is 2. The van der Waals surface area contributed by atoms with Crippen LogP contribution in [0.1, 0.15) is 6.42 Å². The molecular formula is C8H8O4S2. The maximum absolute atomic E-state index is 10.7. The standard InChI is InChI=1S/C8H8O4S2/c9-6(10)4-5(8(11)12)14-7-2-1-3-13-7/h1-3,5H,4H2,(H,9,10)(H,11,12)/t5-/m0/s1. The summed E-state index contributed by atoms with van der Waals surface area (Å²) in [7, 11) is 0. The molecule has 14 heavy (non-hydrogen) atoms. The van der Waals surface area contributed by atoms with Gasteiger partial charge in [-0.3, -0.25) is 9.59 Å². The highest BCUT2D eigenvalue weighted by atomic mass is 32.2. The van der Waals surface area contributed by atoms with E-state index in [-0.39, 0.29) is 6.42 Å². The minimum atomic E-state index is -1.10. The van der Waals surface area contributed by atoms with Gasteiger partial charge in [0.25, 0.3) is 0 Å². The summed E-state index contributed by atoms with van der Waals surface area (Å²) in [6.07, 6.45) is -0.363. The molecular weight excluding hydrogens is 224 g/mol. The molecule has 0 spiro atoms. The van der Waals surface area contributed by atoms with Gasteiger partial charge in [0.1, 0.15) is 5.25 Å². The van der Waals surface area contributed by atoms with Crippen molar-refractivity contribution in [3.63, 3.8) is 0 Å². The van der Waals surface area contributed by atoms with Gasteiger partial charge in [0, 0.05) is 0 Å².